The van der Waals surface area contributed by atoms with Crippen molar-refractivity contribution in [3.05, 3.63) is 41.2 Å². The van der Waals surface area contributed by atoms with E-state index in [0.29, 0.717) is 22.7 Å². The molecule has 24 heavy (non-hydrogen) atoms. The highest BCUT2D eigenvalue weighted by Gasteiger charge is 2.33. The van der Waals surface area contributed by atoms with Crippen LogP contribution < -0.4 is 10.5 Å². The molecule has 1 saturated carbocycles. The third kappa shape index (κ3) is 2.98. The molecule has 1 amide bonds. The second kappa shape index (κ2) is 5.58. The van der Waals surface area contributed by atoms with E-state index in [1.807, 2.05) is 18.4 Å². The van der Waals surface area contributed by atoms with E-state index in [4.69, 9.17) is 5.73 Å². The second-order valence-corrected chi connectivity index (χ2v) is 5.96. The van der Waals surface area contributed by atoms with Crippen LogP contribution in [0.4, 0.5) is 13.2 Å². The van der Waals surface area contributed by atoms with Gasteiger partial charge in [-0.3, -0.25) is 4.79 Å². The fourth-order valence-electron chi connectivity index (χ4n) is 3.24. The Hall–Kier alpha value is -2.44. The van der Waals surface area contributed by atoms with Crippen molar-refractivity contribution in [2.75, 3.05) is 0 Å². The van der Waals surface area contributed by atoms with Gasteiger partial charge in [-0.15, -0.1) is 13.2 Å². The minimum atomic E-state index is -4.77. The Kier molecular flexibility index (Phi) is 3.81. The highest BCUT2D eigenvalue weighted by molar-refractivity contribution is 6.02. The van der Waals surface area contributed by atoms with Crippen LogP contribution >= 0.6 is 0 Å². The third-order valence-corrected chi connectivity index (χ3v) is 4.21. The minimum absolute atomic E-state index is 0.325. The number of nitrogens with zero attached hydrogens (tertiary/aromatic N) is 1. The number of benzene rings is 1. The maximum absolute atomic E-state index is 12.4. The number of halogens is 3. The van der Waals surface area contributed by atoms with Gasteiger partial charge in [-0.05, 0) is 44.4 Å². The molecule has 1 aromatic heterocycles. The topological polar surface area (TPSA) is 57.3 Å². The molecule has 0 radical (unpaired) electrons. The summed E-state index contributed by atoms with van der Waals surface area (Å²) in [4.78, 5) is 11.9. The first kappa shape index (κ1) is 16.4. The number of amides is 1. The summed E-state index contributed by atoms with van der Waals surface area (Å²) in [7, 11) is 0. The molecule has 128 valence electrons. The van der Waals surface area contributed by atoms with Gasteiger partial charge in [0.1, 0.15) is 5.75 Å². The Morgan fingerprint density at radius 1 is 1.25 bits per heavy atom. The Labute approximate surface area is 137 Å². The van der Waals surface area contributed by atoms with E-state index < -0.39 is 12.3 Å². The molecule has 0 bridgehead atoms. The van der Waals surface area contributed by atoms with Crippen molar-refractivity contribution in [2.45, 2.75) is 39.1 Å². The van der Waals surface area contributed by atoms with E-state index in [2.05, 4.69) is 4.74 Å². The zero-order valence-electron chi connectivity index (χ0n) is 13.3. The first-order valence-electron chi connectivity index (χ1n) is 7.56. The molecular weight excluding hydrogens is 321 g/mol. The van der Waals surface area contributed by atoms with E-state index in [0.717, 1.165) is 24.2 Å². The van der Waals surface area contributed by atoms with Crippen molar-refractivity contribution in [3.63, 3.8) is 0 Å². The van der Waals surface area contributed by atoms with Crippen LogP contribution in [0.5, 0.6) is 5.75 Å². The summed E-state index contributed by atoms with van der Waals surface area (Å²) in [6, 6.07) is 5.94. The molecule has 4 nitrogen and oxygen atoms in total. The smallest absolute Gasteiger partial charge is 0.406 e. The first-order valence-corrected chi connectivity index (χ1v) is 7.56. The quantitative estimate of drug-likeness (QED) is 0.912. The predicted octanol–water partition coefficient (Wildman–Crippen LogP) is 4.10. The van der Waals surface area contributed by atoms with Crippen LogP contribution in [0.1, 0.15) is 40.6 Å². The van der Waals surface area contributed by atoms with Crippen LogP contribution in [-0.4, -0.2) is 16.8 Å². The number of hydrogen-bond donors (Lipinski definition) is 1. The molecule has 1 aromatic carbocycles. The van der Waals surface area contributed by atoms with E-state index in [-0.39, 0.29) is 5.75 Å². The van der Waals surface area contributed by atoms with Gasteiger partial charge in [0.05, 0.1) is 5.56 Å². The molecule has 2 N–H and O–H groups in total. The maximum atomic E-state index is 12.4. The Bertz CT molecular complexity index is 805. The van der Waals surface area contributed by atoms with Crippen LogP contribution in [-0.2, 0) is 0 Å². The van der Waals surface area contributed by atoms with Gasteiger partial charge in [0, 0.05) is 23.0 Å². The summed E-state index contributed by atoms with van der Waals surface area (Å²) in [5.74, 6) is -0.918. The number of primary amides is 1. The van der Waals surface area contributed by atoms with Gasteiger partial charge < -0.3 is 15.0 Å². The van der Waals surface area contributed by atoms with Gasteiger partial charge in [0.25, 0.3) is 5.91 Å². The van der Waals surface area contributed by atoms with Crippen LogP contribution in [0.25, 0.3) is 11.1 Å². The molecule has 0 spiro atoms. The van der Waals surface area contributed by atoms with E-state index in [1.165, 1.54) is 18.2 Å². The van der Waals surface area contributed by atoms with Gasteiger partial charge in [-0.2, -0.15) is 0 Å². The monoisotopic (exact) mass is 338 g/mol. The molecule has 1 heterocycles. The highest BCUT2D eigenvalue weighted by Crippen LogP contribution is 2.43. The first-order chi connectivity index (χ1) is 11.2. The highest BCUT2D eigenvalue weighted by atomic mass is 19.4. The fourth-order valence-corrected chi connectivity index (χ4v) is 3.24. The van der Waals surface area contributed by atoms with Gasteiger partial charge in [-0.1, -0.05) is 12.1 Å². The predicted molar refractivity (Wildman–Crippen MR) is 82.8 cm³/mol. The molecule has 0 aliphatic heterocycles. The lowest BCUT2D eigenvalue weighted by atomic mass is 10.00. The third-order valence-electron chi connectivity index (χ3n) is 4.21. The number of ether oxygens (including phenoxy) is 1. The Morgan fingerprint density at radius 2 is 1.92 bits per heavy atom. The number of nitrogens with two attached hydrogens (primary N) is 1. The average molecular weight is 338 g/mol. The van der Waals surface area contributed by atoms with E-state index in [1.54, 1.807) is 6.07 Å². The van der Waals surface area contributed by atoms with Gasteiger partial charge in [0.2, 0.25) is 0 Å². The van der Waals surface area contributed by atoms with Crippen molar-refractivity contribution in [1.29, 1.82) is 0 Å². The standard InChI is InChI=1S/C17H17F3N2O2/c1-9-14(11-4-3-5-13(8-11)24-17(18,19)20)15(16(21)23)10(2)22(9)12-6-7-12/h3-5,8,12H,6-7H2,1-2H3,(H2,21,23). The Balaban J connectivity index is 2.14. The number of alkyl halides is 3. The maximum Gasteiger partial charge on any atom is 0.573 e. The lowest BCUT2D eigenvalue weighted by molar-refractivity contribution is -0.274. The van der Waals surface area contributed by atoms with E-state index >= 15 is 0 Å². The SMILES string of the molecule is Cc1c(C(N)=O)c(-c2cccc(OC(F)(F)F)c2)c(C)n1C1CC1. The average Bonchev–Trinajstić information content (AvgIpc) is 3.23. The van der Waals surface area contributed by atoms with Crippen LogP contribution in [0.2, 0.25) is 0 Å². The van der Waals surface area contributed by atoms with Crippen molar-refractivity contribution in [2.24, 2.45) is 5.73 Å². The fraction of sp³-hybridized carbons (Fsp3) is 0.353. The molecule has 0 unspecified atom stereocenters. The van der Waals surface area contributed by atoms with Gasteiger partial charge in [-0.25, -0.2) is 0 Å². The second-order valence-electron chi connectivity index (χ2n) is 5.96. The number of rotatable bonds is 4. The largest absolute Gasteiger partial charge is 0.573 e. The lowest BCUT2D eigenvalue weighted by Crippen LogP contribution is -2.17. The molecule has 1 aliphatic rings. The number of aromatic nitrogens is 1. The van der Waals surface area contributed by atoms with E-state index in [9.17, 15) is 18.0 Å². The molecule has 1 aliphatic carbocycles. The van der Waals surface area contributed by atoms with Crippen molar-refractivity contribution >= 4 is 5.91 Å². The van der Waals surface area contributed by atoms with Crippen molar-refractivity contribution in [1.82, 2.24) is 4.57 Å². The molecule has 1 fully saturated rings. The minimum Gasteiger partial charge on any atom is -0.406 e. The van der Waals surface area contributed by atoms with Crippen molar-refractivity contribution < 1.29 is 22.7 Å². The van der Waals surface area contributed by atoms with Crippen LogP contribution in [0.15, 0.2) is 24.3 Å². The summed E-state index contributed by atoms with van der Waals surface area (Å²) in [6.45, 7) is 3.66. The lowest BCUT2D eigenvalue weighted by Gasteiger charge is -2.11. The zero-order chi connectivity index (χ0) is 17.6. The molecule has 2 aromatic rings. The Morgan fingerprint density at radius 3 is 2.46 bits per heavy atom. The van der Waals surface area contributed by atoms with Gasteiger partial charge in [0.15, 0.2) is 0 Å². The van der Waals surface area contributed by atoms with Crippen LogP contribution in [0, 0.1) is 13.8 Å². The molecule has 3 rings (SSSR count). The summed E-state index contributed by atoms with van der Waals surface area (Å²) >= 11 is 0. The summed E-state index contributed by atoms with van der Waals surface area (Å²) in [6.07, 6.45) is -2.73. The van der Waals surface area contributed by atoms with Gasteiger partial charge >= 0.3 is 6.36 Å². The van der Waals surface area contributed by atoms with Crippen LogP contribution in [0.3, 0.4) is 0 Å². The molecule has 0 saturated heterocycles. The normalized spacial score (nSPS) is 14.7. The summed E-state index contributed by atoms with van der Waals surface area (Å²) in [5.41, 5.74) is 8.51. The molecular formula is C17H17F3N2O2. The summed E-state index contributed by atoms with van der Waals surface area (Å²) < 4.78 is 43.4. The molecule has 0 atom stereocenters. The zero-order valence-corrected chi connectivity index (χ0v) is 13.3. The number of hydrogen-bond acceptors (Lipinski definition) is 2. The van der Waals surface area contributed by atoms with Crippen molar-refractivity contribution in [3.8, 4) is 16.9 Å². The summed E-state index contributed by atoms with van der Waals surface area (Å²) in [5, 5.41) is 0. The number of carbonyl (C=O) groups is 1. The number of carbonyl (C=O) groups excluding carboxylic acids is 1. The molecule has 7 heteroatoms.